The van der Waals surface area contributed by atoms with Crippen molar-refractivity contribution in [2.75, 3.05) is 13.3 Å². The van der Waals surface area contributed by atoms with Gasteiger partial charge < -0.3 is 9.84 Å². The van der Waals surface area contributed by atoms with Crippen LogP contribution >= 0.6 is 0 Å². The maximum Gasteiger partial charge on any atom is 0.337 e. The standard InChI is InChI=1S/C6H6O.C4H7FO2/c7-6-4-2-1-3-5-6;1-2-7-4(6)3-5/h1-5,7H;2-3H2,1H3. The fourth-order valence-corrected chi connectivity index (χ4v) is 0.628. The molecule has 0 radical (unpaired) electrons. The van der Waals surface area contributed by atoms with Crippen molar-refractivity contribution >= 4 is 5.97 Å². The first kappa shape index (κ1) is 12.4. The second kappa shape index (κ2) is 8.04. The Morgan fingerprint density at radius 2 is 2.00 bits per heavy atom. The Morgan fingerprint density at radius 3 is 2.21 bits per heavy atom. The average Bonchev–Trinajstić information content (AvgIpc) is 2.20. The van der Waals surface area contributed by atoms with E-state index in [1.54, 1.807) is 31.2 Å². The largest absolute Gasteiger partial charge is 0.508 e. The topological polar surface area (TPSA) is 46.5 Å². The summed E-state index contributed by atoms with van der Waals surface area (Å²) < 4.78 is 15.3. The van der Waals surface area contributed by atoms with E-state index in [1.165, 1.54) is 0 Å². The van der Waals surface area contributed by atoms with Gasteiger partial charge in [0.1, 0.15) is 5.75 Å². The van der Waals surface area contributed by atoms with E-state index >= 15 is 0 Å². The van der Waals surface area contributed by atoms with Crippen LogP contribution in [0.25, 0.3) is 0 Å². The van der Waals surface area contributed by atoms with E-state index in [9.17, 15) is 9.18 Å². The second-order valence-corrected chi connectivity index (χ2v) is 2.27. The normalized spacial score (nSPS) is 8.43. The lowest BCUT2D eigenvalue weighted by Gasteiger charge is -1.92. The maximum absolute atomic E-state index is 11.1. The smallest absolute Gasteiger partial charge is 0.337 e. The van der Waals surface area contributed by atoms with E-state index in [0.717, 1.165) is 0 Å². The van der Waals surface area contributed by atoms with Crippen molar-refractivity contribution in [1.29, 1.82) is 0 Å². The van der Waals surface area contributed by atoms with Crippen LogP contribution in [-0.4, -0.2) is 24.4 Å². The van der Waals surface area contributed by atoms with Gasteiger partial charge >= 0.3 is 5.97 Å². The van der Waals surface area contributed by atoms with Crippen LogP contribution in [-0.2, 0) is 9.53 Å². The molecule has 1 N–H and O–H groups in total. The minimum absolute atomic E-state index is 0.253. The van der Waals surface area contributed by atoms with Crippen molar-refractivity contribution in [2.24, 2.45) is 0 Å². The van der Waals surface area contributed by atoms with E-state index in [2.05, 4.69) is 4.74 Å². The molecule has 0 aliphatic heterocycles. The highest BCUT2D eigenvalue weighted by atomic mass is 19.1. The number of benzene rings is 1. The van der Waals surface area contributed by atoms with Crippen LogP contribution in [0.2, 0.25) is 0 Å². The zero-order valence-electron chi connectivity index (χ0n) is 7.94. The number of phenolic OH excluding ortho intramolecular Hbond substituents is 1. The summed E-state index contributed by atoms with van der Waals surface area (Å²) in [4.78, 5) is 9.81. The van der Waals surface area contributed by atoms with Gasteiger partial charge in [0, 0.05) is 0 Å². The van der Waals surface area contributed by atoms with Crippen molar-refractivity contribution < 1.29 is 19.0 Å². The van der Waals surface area contributed by atoms with Crippen molar-refractivity contribution in [3.8, 4) is 5.75 Å². The van der Waals surface area contributed by atoms with Crippen LogP contribution in [0.5, 0.6) is 5.75 Å². The number of carbonyl (C=O) groups is 1. The molecule has 0 spiro atoms. The highest BCUT2D eigenvalue weighted by Gasteiger charge is 1.94. The molecule has 0 saturated heterocycles. The van der Waals surface area contributed by atoms with Crippen LogP contribution in [0.15, 0.2) is 30.3 Å². The van der Waals surface area contributed by atoms with E-state index in [4.69, 9.17) is 5.11 Å². The van der Waals surface area contributed by atoms with Crippen LogP contribution in [0.1, 0.15) is 6.92 Å². The van der Waals surface area contributed by atoms with Gasteiger partial charge in [-0.05, 0) is 19.1 Å². The Hall–Kier alpha value is -1.58. The molecular weight excluding hydrogens is 187 g/mol. The molecule has 3 nitrogen and oxygen atoms in total. The summed E-state index contributed by atoms with van der Waals surface area (Å²) in [5.41, 5.74) is 0. The number of aromatic hydroxyl groups is 1. The van der Waals surface area contributed by atoms with Crippen molar-refractivity contribution in [3.05, 3.63) is 30.3 Å². The lowest BCUT2D eigenvalue weighted by atomic mass is 10.3. The van der Waals surface area contributed by atoms with Gasteiger partial charge in [-0.25, -0.2) is 9.18 Å². The monoisotopic (exact) mass is 200 g/mol. The molecule has 0 atom stereocenters. The molecule has 1 rings (SSSR count). The van der Waals surface area contributed by atoms with Gasteiger partial charge in [0.05, 0.1) is 6.61 Å². The number of ether oxygens (including phenoxy) is 1. The molecule has 0 bridgehead atoms. The molecule has 0 amide bonds. The molecule has 0 aliphatic carbocycles. The number of alkyl halides is 1. The molecule has 0 aliphatic rings. The van der Waals surface area contributed by atoms with Crippen LogP contribution in [0.4, 0.5) is 4.39 Å². The molecule has 0 heterocycles. The Kier molecular flexibility index (Phi) is 7.13. The quantitative estimate of drug-likeness (QED) is 0.742. The maximum atomic E-state index is 11.1. The highest BCUT2D eigenvalue weighted by molar-refractivity contribution is 5.70. The van der Waals surface area contributed by atoms with Crippen molar-refractivity contribution in [1.82, 2.24) is 0 Å². The van der Waals surface area contributed by atoms with Crippen molar-refractivity contribution in [3.63, 3.8) is 0 Å². The number of para-hydroxylation sites is 1. The van der Waals surface area contributed by atoms with Crippen LogP contribution in [0, 0.1) is 0 Å². The number of phenols is 1. The Labute approximate surface area is 82.1 Å². The van der Waals surface area contributed by atoms with E-state index in [0.29, 0.717) is 5.75 Å². The third-order valence-corrected chi connectivity index (χ3v) is 1.17. The number of rotatable bonds is 2. The SMILES string of the molecule is CCOC(=O)CF.Oc1ccccc1. The molecule has 1 aromatic rings. The van der Waals surface area contributed by atoms with E-state index < -0.39 is 12.6 Å². The summed E-state index contributed by atoms with van der Waals surface area (Å²) >= 11 is 0. The minimum atomic E-state index is -1.02. The first-order valence-corrected chi connectivity index (χ1v) is 4.16. The number of carbonyl (C=O) groups excluding carboxylic acids is 1. The number of hydrogen-bond donors (Lipinski definition) is 1. The predicted octanol–water partition coefficient (Wildman–Crippen LogP) is 1.91. The summed E-state index contributed by atoms with van der Waals surface area (Å²) in [6, 6.07) is 8.71. The molecule has 4 heteroatoms. The molecule has 14 heavy (non-hydrogen) atoms. The van der Waals surface area contributed by atoms with Gasteiger partial charge in [0.25, 0.3) is 0 Å². The van der Waals surface area contributed by atoms with Gasteiger partial charge in [0.15, 0.2) is 6.67 Å². The summed E-state index contributed by atoms with van der Waals surface area (Å²) in [7, 11) is 0. The first-order valence-electron chi connectivity index (χ1n) is 4.16. The molecule has 0 saturated carbocycles. The second-order valence-electron chi connectivity index (χ2n) is 2.27. The van der Waals surface area contributed by atoms with Crippen molar-refractivity contribution in [2.45, 2.75) is 6.92 Å². The summed E-state index contributed by atoms with van der Waals surface area (Å²) in [6.45, 7) is 0.865. The fourth-order valence-electron chi connectivity index (χ4n) is 0.628. The molecule has 78 valence electrons. The highest BCUT2D eigenvalue weighted by Crippen LogP contribution is 2.02. The Bertz CT molecular complexity index is 249. The van der Waals surface area contributed by atoms with Gasteiger partial charge in [0.2, 0.25) is 0 Å². The Morgan fingerprint density at radius 1 is 1.43 bits per heavy atom. The first-order chi connectivity index (χ1) is 6.70. The average molecular weight is 200 g/mol. The number of esters is 1. The third kappa shape index (κ3) is 7.09. The zero-order valence-corrected chi connectivity index (χ0v) is 7.94. The molecule has 0 aromatic heterocycles. The molecule has 1 aromatic carbocycles. The lowest BCUT2D eigenvalue weighted by molar-refractivity contribution is -0.144. The summed E-state index contributed by atoms with van der Waals surface area (Å²) in [5, 5.41) is 8.63. The van der Waals surface area contributed by atoms with Gasteiger partial charge in [-0.15, -0.1) is 0 Å². The zero-order chi connectivity index (χ0) is 10.8. The molecular formula is C10H13FO3. The van der Waals surface area contributed by atoms with Gasteiger partial charge in [-0.2, -0.15) is 0 Å². The fraction of sp³-hybridized carbons (Fsp3) is 0.300. The van der Waals surface area contributed by atoms with E-state index in [1.807, 2.05) is 6.07 Å². The lowest BCUT2D eigenvalue weighted by Crippen LogP contribution is -2.04. The predicted molar refractivity (Wildman–Crippen MR) is 50.7 cm³/mol. The van der Waals surface area contributed by atoms with E-state index in [-0.39, 0.29) is 6.61 Å². The van der Waals surface area contributed by atoms with Gasteiger partial charge in [-0.3, -0.25) is 0 Å². The summed E-state index contributed by atoms with van der Waals surface area (Å²) in [5.74, 6) is -0.468. The van der Waals surface area contributed by atoms with Crippen LogP contribution < -0.4 is 0 Å². The Balaban J connectivity index is 0.000000241. The van der Waals surface area contributed by atoms with Gasteiger partial charge in [-0.1, -0.05) is 18.2 Å². The van der Waals surface area contributed by atoms with Crippen LogP contribution in [0.3, 0.4) is 0 Å². The summed E-state index contributed by atoms with van der Waals surface area (Å²) in [6.07, 6.45) is 0. The third-order valence-electron chi connectivity index (χ3n) is 1.17. The molecule has 0 fully saturated rings. The number of hydrogen-bond acceptors (Lipinski definition) is 3. The molecule has 0 unspecified atom stereocenters. The number of halogens is 1. The minimum Gasteiger partial charge on any atom is -0.508 e.